The molecule has 2 heterocycles. The van der Waals surface area contributed by atoms with Crippen molar-refractivity contribution in [3.8, 4) is 5.75 Å². The zero-order valence-electron chi connectivity index (χ0n) is 13.6. The number of hydrogen-bond acceptors (Lipinski definition) is 5. The van der Waals surface area contributed by atoms with E-state index in [1.165, 1.54) is 6.07 Å². The average Bonchev–Trinajstić information content (AvgIpc) is 2.56. The smallest absolute Gasteiger partial charge is 0.223 e. The maximum absolute atomic E-state index is 11.9. The van der Waals surface area contributed by atoms with Gasteiger partial charge in [0, 0.05) is 31.0 Å². The van der Waals surface area contributed by atoms with Gasteiger partial charge in [0.05, 0.1) is 24.5 Å². The molecule has 2 rings (SSSR count). The first-order valence-corrected chi connectivity index (χ1v) is 7.72. The number of nitrogens with zero attached hydrogens (tertiary/aromatic N) is 3. The van der Waals surface area contributed by atoms with Crippen LogP contribution in [0.2, 0.25) is 0 Å². The summed E-state index contributed by atoms with van der Waals surface area (Å²) in [6.45, 7) is 5.93. The number of hydrogen-bond donors (Lipinski definition) is 2. The Kier molecular flexibility index (Phi) is 5.90. The van der Waals surface area contributed by atoms with E-state index >= 15 is 0 Å². The second-order valence-corrected chi connectivity index (χ2v) is 5.44. The van der Waals surface area contributed by atoms with Crippen LogP contribution in [0.5, 0.6) is 5.75 Å². The summed E-state index contributed by atoms with van der Waals surface area (Å²) in [5, 5.41) is 19.4. The van der Waals surface area contributed by atoms with Gasteiger partial charge in [-0.1, -0.05) is 13.0 Å². The van der Waals surface area contributed by atoms with Crippen molar-refractivity contribution in [2.24, 2.45) is 0 Å². The first-order valence-electron chi connectivity index (χ1n) is 7.72. The Balaban J connectivity index is 2.43. The third-order valence-electron chi connectivity index (χ3n) is 3.88. The van der Waals surface area contributed by atoms with Crippen LogP contribution in [-0.4, -0.2) is 44.4 Å². The number of aliphatic hydroxyl groups is 1. The number of aliphatic hydroxyl groups excluding tert-OH is 1. The quantitative estimate of drug-likeness (QED) is 0.800. The lowest BCUT2D eigenvalue weighted by atomic mass is 10.2. The van der Waals surface area contributed by atoms with Gasteiger partial charge < -0.3 is 14.8 Å². The molecule has 0 saturated carbocycles. The van der Waals surface area contributed by atoms with Gasteiger partial charge in [0.25, 0.3) is 0 Å². The van der Waals surface area contributed by atoms with Crippen molar-refractivity contribution in [2.45, 2.75) is 26.9 Å². The molecular weight excluding hydrogens is 294 g/mol. The van der Waals surface area contributed by atoms with Crippen molar-refractivity contribution in [3.05, 3.63) is 57.8 Å². The van der Waals surface area contributed by atoms with E-state index in [4.69, 9.17) is 5.11 Å². The van der Waals surface area contributed by atoms with E-state index in [0.29, 0.717) is 31.9 Å². The number of aromatic hydroxyl groups is 1. The lowest BCUT2D eigenvalue weighted by Crippen LogP contribution is -2.29. The summed E-state index contributed by atoms with van der Waals surface area (Å²) in [6.07, 6.45) is 1.72. The molecule has 0 aromatic carbocycles. The molecular formula is C17H23N3O3. The van der Waals surface area contributed by atoms with Crippen LogP contribution in [0.3, 0.4) is 0 Å². The number of rotatable bonds is 7. The summed E-state index contributed by atoms with van der Waals surface area (Å²) in [5.74, 6) is -0.233. The summed E-state index contributed by atoms with van der Waals surface area (Å²) >= 11 is 0. The molecule has 0 aliphatic carbocycles. The average molecular weight is 317 g/mol. The van der Waals surface area contributed by atoms with E-state index in [1.54, 1.807) is 6.20 Å². The van der Waals surface area contributed by atoms with Crippen LogP contribution in [0.25, 0.3) is 0 Å². The van der Waals surface area contributed by atoms with Gasteiger partial charge in [-0.05, 0) is 25.6 Å². The van der Waals surface area contributed by atoms with Crippen molar-refractivity contribution in [1.82, 2.24) is 14.5 Å². The highest BCUT2D eigenvalue weighted by Crippen LogP contribution is 2.18. The molecule has 23 heavy (non-hydrogen) atoms. The Morgan fingerprint density at radius 1 is 1.35 bits per heavy atom. The van der Waals surface area contributed by atoms with Crippen molar-refractivity contribution in [1.29, 1.82) is 0 Å². The molecule has 0 spiro atoms. The Bertz CT molecular complexity index is 698. The third kappa shape index (κ3) is 4.18. The van der Waals surface area contributed by atoms with Gasteiger partial charge in [-0.25, -0.2) is 0 Å². The van der Waals surface area contributed by atoms with E-state index in [-0.39, 0.29) is 17.8 Å². The van der Waals surface area contributed by atoms with Crippen LogP contribution < -0.4 is 5.43 Å². The second-order valence-electron chi connectivity index (χ2n) is 5.44. The van der Waals surface area contributed by atoms with E-state index in [0.717, 1.165) is 11.4 Å². The Morgan fingerprint density at radius 3 is 2.74 bits per heavy atom. The van der Waals surface area contributed by atoms with Gasteiger partial charge in [-0.2, -0.15) is 0 Å². The highest BCUT2D eigenvalue weighted by molar-refractivity contribution is 5.30. The predicted molar refractivity (Wildman–Crippen MR) is 88.5 cm³/mol. The summed E-state index contributed by atoms with van der Waals surface area (Å²) in [6, 6.07) is 7.10. The number of likely N-dealkylation sites (N-methyl/N-ethyl adjacent to an activating group) is 1. The van der Waals surface area contributed by atoms with E-state index < -0.39 is 0 Å². The van der Waals surface area contributed by atoms with Crippen LogP contribution in [0.4, 0.5) is 0 Å². The van der Waals surface area contributed by atoms with Gasteiger partial charge in [0.15, 0.2) is 5.75 Å². The molecule has 2 N–H and O–H groups in total. The molecule has 0 aliphatic heterocycles. The van der Waals surface area contributed by atoms with E-state index in [1.807, 2.05) is 41.5 Å². The zero-order valence-corrected chi connectivity index (χ0v) is 13.6. The van der Waals surface area contributed by atoms with Crippen LogP contribution in [-0.2, 0) is 13.1 Å². The van der Waals surface area contributed by atoms with Crippen LogP contribution in [0.1, 0.15) is 24.0 Å². The predicted octanol–water partition coefficient (Wildman–Crippen LogP) is 1.12. The maximum atomic E-state index is 11.9. The molecule has 0 aliphatic rings. The van der Waals surface area contributed by atoms with Gasteiger partial charge in [-0.15, -0.1) is 0 Å². The first-order chi connectivity index (χ1) is 11.1. The first kappa shape index (κ1) is 17.2. The molecule has 6 nitrogen and oxygen atoms in total. The van der Waals surface area contributed by atoms with Crippen LogP contribution in [0, 0.1) is 6.92 Å². The number of pyridine rings is 2. The highest BCUT2D eigenvalue weighted by atomic mass is 16.3. The van der Waals surface area contributed by atoms with Crippen molar-refractivity contribution in [2.75, 3.05) is 19.7 Å². The van der Waals surface area contributed by atoms with Gasteiger partial charge >= 0.3 is 0 Å². The molecule has 6 heteroatoms. The lowest BCUT2D eigenvalue weighted by Gasteiger charge is -2.24. The Labute approximate surface area is 135 Å². The van der Waals surface area contributed by atoms with E-state index in [2.05, 4.69) is 4.98 Å². The maximum Gasteiger partial charge on any atom is 0.223 e. The minimum Gasteiger partial charge on any atom is -0.503 e. The lowest BCUT2D eigenvalue weighted by molar-refractivity contribution is 0.191. The molecule has 0 atom stereocenters. The summed E-state index contributed by atoms with van der Waals surface area (Å²) in [4.78, 5) is 18.2. The number of aryl methyl sites for hydroxylation is 1. The second kappa shape index (κ2) is 7.89. The zero-order chi connectivity index (χ0) is 16.8. The Morgan fingerprint density at radius 2 is 2.13 bits per heavy atom. The van der Waals surface area contributed by atoms with Crippen molar-refractivity contribution >= 4 is 0 Å². The summed E-state index contributed by atoms with van der Waals surface area (Å²) in [5.41, 5.74) is 1.80. The fourth-order valence-electron chi connectivity index (χ4n) is 2.56. The normalized spacial score (nSPS) is 11.1. The highest BCUT2D eigenvalue weighted by Gasteiger charge is 2.16. The third-order valence-corrected chi connectivity index (χ3v) is 3.88. The molecule has 0 fully saturated rings. The Hall–Kier alpha value is -2.18. The fraction of sp³-hybridized carbons (Fsp3) is 0.412. The van der Waals surface area contributed by atoms with Crippen LogP contribution >= 0.6 is 0 Å². The summed E-state index contributed by atoms with van der Waals surface area (Å²) < 4.78 is 1.90. The van der Waals surface area contributed by atoms with Crippen molar-refractivity contribution < 1.29 is 10.2 Å². The summed E-state index contributed by atoms with van der Waals surface area (Å²) in [7, 11) is 0. The van der Waals surface area contributed by atoms with Gasteiger partial charge in [0.1, 0.15) is 0 Å². The minimum atomic E-state index is -0.380. The molecule has 0 saturated heterocycles. The fourth-order valence-corrected chi connectivity index (χ4v) is 2.56. The monoisotopic (exact) mass is 317 g/mol. The number of aromatic nitrogens is 2. The SMILES string of the molecule is CCN(CCO)Cc1c(O)c(=O)cc(C)n1Cc1ccccn1. The molecule has 0 radical (unpaired) electrons. The van der Waals surface area contributed by atoms with Gasteiger partial charge in [-0.3, -0.25) is 14.7 Å². The largest absolute Gasteiger partial charge is 0.503 e. The molecule has 0 bridgehead atoms. The van der Waals surface area contributed by atoms with Gasteiger partial charge in [0.2, 0.25) is 5.43 Å². The molecule has 0 amide bonds. The topological polar surface area (TPSA) is 78.6 Å². The van der Waals surface area contributed by atoms with E-state index in [9.17, 15) is 9.90 Å². The minimum absolute atomic E-state index is 0.0326. The molecule has 2 aromatic heterocycles. The molecule has 0 unspecified atom stereocenters. The molecule has 124 valence electrons. The molecule has 2 aromatic rings. The van der Waals surface area contributed by atoms with Crippen LogP contribution in [0.15, 0.2) is 35.3 Å². The standard InChI is InChI=1S/C17H23N3O3/c1-3-19(8-9-21)12-15-17(23)16(22)10-13(2)20(15)11-14-6-4-5-7-18-14/h4-7,10,21,23H,3,8-9,11-12H2,1-2H3. The van der Waals surface area contributed by atoms with Crippen molar-refractivity contribution in [3.63, 3.8) is 0 Å².